The Kier molecular flexibility index (Phi) is 4.37. The fraction of sp³-hybridized carbons (Fsp3) is 0. The molecule has 0 N–H and O–H groups in total. The Balaban J connectivity index is 1.75. The predicted octanol–water partition coefficient (Wildman–Crippen LogP) is 5.91. The first-order chi connectivity index (χ1) is 10.9. The van der Waals surface area contributed by atoms with Gasteiger partial charge in [-0.1, -0.05) is 42.5 Å². The summed E-state index contributed by atoms with van der Waals surface area (Å²) in [6.45, 7) is 0. The van der Waals surface area contributed by atoms with Crippen molar-refractivity contribution in [1.29, 1.82) is 0 Å². The standard InChI is InChI=1S/C17H13N5/c1-3-8-14(9-4-1)19-21-16-12-7-13-17(18-16)22-20-15-10-5-2-6-11-15/h1-13H. The normalized spacial score (nSPS) is 11.3. The second kappa shape index (κ2) is 6.99. The minimum atomic E-state index is 0.494. The van der Waals surface area contributed by atoms with Crippen LogP contribution in [0.4, 0.5) is 23.0 Å². The first kappa shape index (κ1) is 13.8. The average Bonchev–Trinajstić information content (AvgIpc) is 2.60. The Morgan fingerprint density at radius 1 is 0.455 bits per heavy atom. The minimum absolute atomic E-state index is 0.494. The highest BCUT2D eigenvalue weighted by Gasteiger charge is 1.95. The summed E-state index contributed by atoms with van der Waals surface area (Å²) in [5.74, 6) is 0.988. The van der Waals surface area contributed by atoms with Crippen LogP contribution >= 0.6 is 0 Å². The molecular weight excluding hydrogens is 274 g/mol. The highest BCUT2D eigenvalue weighted by Crippen LogP contribution is 2.20. The molecule has 0 radical (unpaired) electrons. The quantitative estimate of drug-likeness (QED) is 0.550. The van der Waals surface area contributed by atoms with Crippen LogP contribution in [-0.2, 0) is 0 Å². The molecule has 3 rings (SSSR count). The summed E-state index contributed by atoms with van der Waals surface area (Å²) in [4.78, 5) is 4.28. The topological polar surface area (TPSA) is 62.3 Å². The van der Waals surface area contributed by atoms with E-state index in [1.807, 2.05) is 66.7 Å². The Hall–Kier alpha value is -3.21. The van der Waals surface area contributed by atoms with Gasteiger partial charge in [0.1, 0.15) is 0 Å². The van der Waals surface area contributed by atoms with Crippen molar-refractivity contribution in [3.8, 4) is 0 Å². The molecule has 3 aromatic rings. The van der Waals surface area contributed by atoms with E-state index in [0.29, 0.717) is 11.6 Å². The van der Waals surface area contributed by atoms with Crippen LogP contribution in [0.25, 0.3) is 0 Å². The molecule has 0 aliphatic carbocycles. The van der Waals surface area contributed by atoms with Gasteiger partial charge in [0, 0.05) is 0 Å². The monoisotopic (exact) mass is 287 g/mol. The number of hydrogen-bond acceptors (Lipinski definition) is 5. The van der Waals surface area contributed by atoms with E-state index in [4.69, 9.17) is 0 Å². The molecule has 0 aliphatic heterocycles. The zero-order valence-electron chi connectivity index (χ0n) is 11.7. The van der Waals surface area contributed by atoms with E-state index in [0.717, 1.165) is 11.4 Å². The molecule has 5 nitrogen and oxygen atoms in total. The van der Waals surface area contributed by atoms with E-state index in [1.165, 1.54) is 0 Å². The van der Waals surface area contributed by atoms with Gasteiger partial charge in [0.05, 0.1) is 11.4 Å². The van der Waals surface area contributed by atoms with Crippen molar-refractivity contribution in [2.45, 2.75) is 0 Å². The number of azo groups is 2. The van der Waals surface area contributed by atoms with Gasteiger partial charge in [-0.25, -0.2) is 4.98 Å². The minimum Gasteiger partial charge on any atom is -0.206 e. The van der Waals surface area contributed by atoms with Gasteiger partial charge >= 0.3 is 0 Å². The fourth-order valence-electron chi connectivity index (χ4n) is 1.73. The van der Waals surface area contributed by atoms with Crippen LogP contribution in [0.5, 0.6) is 0 Å². The van der Waals surface area contributed by atoms with Crippen molar-refractivity contribution in [2.24, 2.45) is 20.5 Å². The van der Waals surface area contributed by atoms with Gasteiger partial charge in [-0.15, -0.1) is 20.5 Å². The Bertz CT molecular complexity index is 718. The molecule has 0 bridgehead atoms. The van der Waals surface area contributed by atoms with E-state index in [-0.39, 0.29) is 0 Å². The van der Waals surface area contributed by atoms with Gasteiger partial charge in [-0.3, -0.25) is 0 Å². The van der Waals surface area contributed by atoms with Crippen molar-refractivity contribution in [3.05, 3.63) is 78.9 Å². The van der Waals surface area contributed by atoms with Crippen molar-refractivity contribution >= 4 is 23.0 Å². The Morgan fingerprint density at radius 2 is 0.909 bits per heavy atom. The second-order valence-electron chi connectivity index (χ2n) is 4.43. The molecule has 0 fully saturated rings. The molecule has 22 heavy (non-hydrogen) atoms. The number of rotatable bonds is 4. The lowest BCUT2D eigenvalue weighted by atomic mass is 10.3. The zero-order valence-corrected chi connectivity index (χ0v) is 11.7. The maximum absolute atomic E-state index is 4.28. The third kappa shape index (κ3) is 3.89. The average molecular weight is 287 g/mol. The first-order valence-electron chi connectivity index (χ1n) is 6.81. The van der Waals surface area contributed by atoms with Crippen LogP contribution in [0, 0.1) is 0 Å². The van der Waals surface area contributed by atoms with E-state index in [9.17, 15) is 0 Å². The molecule has 1 heterocycles. The molecule has 0 atom stereocenters. The van der Waals surface area contributed by atoms with E-state index >= 15 is 0 Å². The van der Waals surface area contributed by atoms with Gasteiger partial charge in [-0.05, 0) is 36.4 Å². The summed E-state index contributed by atoms with van der Waals surface area (Å²) in [5, 5.41) is 16.5. The first-order valence-corrected chi connectivity index (χ1v) is 6.81. The van der Waals surface area contributed by atoms with Crippen molar-refractivity contribution in [3.63, 3.8) is 0 Å². The molecule has 1 aromatic heterocycles. The van der Waals surface area contributed by atoms with Gasteiger partial charge in [0.2, 0.25) is 0 Å². The molecule has 0 unspecified atom stereocenters. The Morgan fingerprint density at radius 3 is 1.36 bits per heavy atom. The second-order valence-corrected chi connectivity index (χ2v) is 4.43. The maximum Gasteiger partial charge on any atom is 0.176 e. The predicted molar refractivity (Wildman–Crippen MR) is 85.5 cm³/mol. The van der Waals surface area contributed by atoms with Crippen LogP contribution in [-0.4, -0.2) is 4.98 Å². The summed E-state index contributed by atoms with van der Waals surface area (Å²) in [6.07, 6.45) is 0. The summed E-state index contributed by atoms with van der Waals surface area (Å²) >= 11 is 0. The number of hydrogen-bond donors (Lipinski definition) is 0. The molecule has 0 amide bonds. The molecule has 0 saturated heterocycles. The summed E-state index contributed by atoms with van der Waals surface area (Å²) < 4.78 is 0. The van der Waals surface area contributed by atoms with Crippen LogP contribution < -0.4 is 0 Å². The molecule has 106 valence electrons. The molecular formula is C17H13N5. The SMILES string of the molecule is c1ccc(N=Nc2cccc(N=Nc3ccccc3)n2)cc1. The smallest absolute Gasteiger partial charge is 0.176 e. The van der Waals surface area contributed by atoms with E-state index < -0.39 is 0 Å². The third-order valence-electron chi connectivity index (χ3n) is 2.77. The van der Waals surface area contributed by atoms with Crippen LogP contribution in [0.15, 0.2) is 99.3 Å². The van der Waals surface area contributed by atoms with Gasteiger partial charge in [0.15, 0.2) is 11.6 Å². The van der Waals surface area contributed by atoms with Gasteiger partial charge < -0.3 is 0 Å². The number of benzene rings is 2. The molecule has 2 aromatic carbocycles. The largest absolute Gasteiger partial charge is 0.206 e. The number of aromatic nitrogens is 1. The van der Waals surface area contributed by atoms with Crippen LogP contribution in [0.3, 0.4) is 0 Å². The van der Waals surface area contributed by atoms with Crippen molar-refractivity contribution in [1.82, 2.24) is 4.98 Å². The number of pyridine rings is 1. The van der Waals surface area contributed by atoms with Crippen LogP contribution in [0.2, 0.25) is 0 Å². The summed E-state index contributed by atoms with van der Waals surface area (Å²) in [7, 11) is 0. The van der Waals surface area contributed by atoms with Gasteiger partial charge in [0.25, 0.3) is 0 Å². The van der Waals surface area contributed by atoms with Crippen molar-refractivity contribution < 1.29 is 0 Å². The van der Waals surface area contributed by atoms with Gasteiger partial charge in [-0.2, -0.15) is 0 Å². The zero-order chi connectivity index (χ0) is 15.0. The highest BCUT2D eigenvalue weighted by atomic mass is 15.2. The summed E-state index contributed by atoms with van der Waals surface area (Å²) in [5.41, 5.74) is 1.56. The van der Waals surface area contributed by atoms with E-state index in [1.54, 1.807) is 12.1 Å². The molecule has 0 spiro atoms. The number of nitrogens with zero attached hydrogens (tertiary/aromatic N) is 5. The molecule has 5 heteroatoms. The lowest BCUT2D eigenvalue weighted by molar-refractivity contribution is 1.11. The molecule has 0 aliphatic rings. The maximum atomic E-state index is 4.28. The lowest BCUT2D eigenvalue weighted by Crippen LogP contribution is -1.73. The van der Waals surface area contributed by atoms with E-state index in [2.05, 4.69) is 25.4 Å². The summed E-state index contributed by atoms with van der Waals surface area (Å²) in [6, 6.07) is 24.4. The third-order valence-corrected chi connectivity index (χ3v) is 2.77. The van der Waals surface area contributed by atoms with Crippen molar-refractivity contribution in [2.75, 3.05) is 0 Å². The Labute approximate surface area is 128 Å². The highest BCUT2D eigenvalue weighted by molar-refractivity contribution is 5.40. The fourth-order valence-corrected chi connectivity index (χ4v) is 1.73. The molecule has 0 saturated carbocycles. The lowest BCUT2D eigenvalue weighted by Gasteiger charge is -1.95. The van der Waals surface area contributed by atoms with Crippen LogP contribution in [0.1, 0.15) is 0 Å².